The molecule has 1 atom stereocenters. The number of nitrogens with one attached hydrogen (secondary N) is 1. The summed E-state index contributed by atoms with van der Waals surface area (Å²) in [6.07, 6.45) is 2.64. The van der Waals surface area contributed by atoms with Crippen molar-refractivity contribution in [1.82, 2.24) is 4.90 Å². The van der Waals surface area contributed by atoms with Crippen LogP contribution in [0, 0.1) is 0 Å². The molecule has 0 radical (unpaired) electrons. The van der Waals surface area contributed by atoms with Crippen LogP contribution < -0.4 is 5.32 Å². The van der Waals surface area contributed by atoms with E-state index in [2.05, 4.69) is 5.32 Å². The molecule has 5 nitrogen and oxygen atoms in total. The number of benzene rings is 1. The minimum absolute atomic E-state index is 0.0143. The van der Waals surface area contributed by atoms with Gasteiger partial charge in [-0.15, -0.1) is 11.8 Å². The van der Waals surface area contributed by atoms with Gasteiger partial charge in [-0.05, 0) is 30.7 Å². The van der Waals surface area contributed by atoms with Gasteiger partial charge in [0.05, 0.1) is 5.25 Å². The van der Waals surface area contributed by atoms with Crippen molar-refractivity contribution in [2.45, 2.75) is 42.8 Å². The topological polar surface area (TPSA) is 66.5 Å². The van der Waals surface area contributed by atoms with E-state index in [0.29, 0.717) is 6.42 Å². The van der Waals surface area contributed by atoms with E-state index in [1.54, 1.807) is 0 Å². The van der Waals surface area contributed by atoms with Gasteiger partial charge in [-0.2, -0.15) is 0 Å². The molecule has 1 unspecified atom stereocenters. The number of carbonyl (C=O) groups excluding carboxylic acids is 3. The zero-order chi connectivity index (χ0) is 16.1. The van der Waals surface area contributed by atoms with Crippen LogP contribution in [0.1, 0.15) is 32.6 Å². The summed E-state index contributed by atoms with van der Waals surface area (Å²) in [6, 6.07) is 7.35. The van der Waals surface area contributed by atoms with Crippen LogP contribution >= 0.6 is 11.8 Å². The molecule has 1 saturated heterocycles. The van der Waals surface area contributed by atoms with E-state index in [1.165, 1.54) is 23.7 Å². The Hall–Kier alpha value is -1.82. The molecular weight excluding hydrogens is 300 g/mol. The average Bonchev–Trinajstić information content (AvgIpc) is 2.74. The fourth-order valence-electron chi connectivity index (χ4n) is 2.16. The van der Waals surface area contributed by atoms with E-state index in [1.807, 2.05) is 31.2 Å². The number of imide groups is 1. The van der Waals surface area contributed by atoms with Gasteiger partial charge in [0.15, 0.2) is 0 Å². The smallest absolute Gasteiger partial charge is 0.242 e. The highest BCUT2D eigenvalue weighted by Crippen LogP contribution is 2.31. The molecule has 118 valence electrons. The van der Waals surface area contributed by atoms with Crippen LogP contribution in [-0.2, 0) is 14.4 Å². The van der Waals surface area contributed by atoms with E-state index < -0.39 is 0 Å². The predicted octanol–water partition coefficient (Wildman–Crippen LogP) is 2.66. The van der Waals surface area contributed by atoms with Crippen molar-refractivity contribution >= 4 is 35.2 Å². The van der Waals surface area contributed by atoms with Crippen molar-refractivity contribution < 1.29 is 14.4 Å². The Kier molecular flexibility index (Phi) is 5.60. The second-order valence-electron chi connectivity index (χ2n) is 5.28. The molecule has 3 amide bonds. The highest BCUT2D eigenvalue weighted by molar-refractivity contribution is 8.00. The summed E-state index contributed by atoms with van der Waals surface area (Å²) in [5, 5.41) is 2.50. The van der Waals surface area contributed by atoms with E-state index in [-0.39, 0.29) is 29.4 Å². The van der Waals surface area contributed by atoms with Gasteiger partial charge in [-0.3, -0.25) is 19.3 Å². The minimum Gasteiger partial charge on any atom is -0.326 e. The van der Waals surface area contributed by atoms with Crippen LogP contribution in [-0.4, -0.2) is 34.9 Å². The van der Waals surface area contributed by atoms with Gasteiger partial charge < -0.3 is 5.32 Å². The lowest BCUT2D eigenvalue weighted by Gasteiger charge is -2.09. The fraction of sp³-hybridized carbons (Fsp3) is 0.438. The van der Waals surface area contributed by atoms with Crippen molar-refractivity contribution in [1.29, 1.82) is 0 Å². The van der Waals surface area contributed by atoms with Crippen LogP contribution in [0.4, 0.5) is 5.69 Å². The van der Waals surface area contributed by atoms with Gasteiger partial charge in [-0.1, -0.05) is 13.3 Å². The highest BCUT2D eigenvalue weighted by atomic mass is 32.2. The number of anilines is 1. The third-order valence-electron chi connectivity index (χ3n) is 3.51. The number of hydrogen-bond donors (Lipinski definition) is 1. The van der Waals surface area contributed by atoms with Crippen LogP contribution in [0.5, 0.6) is 0 Å². The summed E-state index contributed by atoms with van der Waals surface area (Å²) in [5.74, 6) is -0.269. The Morgan fingerprint density at radius 1 is 1.32 bits per heavy atom. The first-order valence-electron chi connectivity index (χ1n) is 7.38. The zero-order valence-electron chi connectivity index (χ0n) is 12.8. The number of nitrogens with zero attached hydrogens (tertiary/aromatic N) is 1. The molecule has 1 aliphatic heterocycles. The highest BCUT2D eigenvalue weighted by Gasteiger charge is 2.36. The first kappa shape index (κ1) is 16.5. The molecule has 0 spiro atoms. The second-order valence-corrected chi connectivity index (χ2v) is 6.55. The normalized spacial score (nSPS) is 17.9. The molecule has 1 N–H and O–H groups in total. The number of likely N-dealkylation sites (tertiary alicyclic amines) is 1. The quantitative estimate of drug-likeness (QED) is 0.818. The van der Waals surface area contributed by atoms with Gasteiger partial charge in [0.2, 0.25) is 17.7 Å². The molecule has 22 heavy (non-hydrogen) atoms. The Labute approximate surface area is 134 Å². The zero-order valence-corrected chi connectivity index (χ0v) is 13.6. The molecule has 1 fully saturated rings. The van der Waals surface area contributed by atoms with Crippen LogP contribution in [0.15, 0.2) is 29.2 Å². The standard InChI is InChI=1S/C16H20N2O3S/c1-3-4-5-14(19)17-11-6-8-12(9-7-11)22-13-10-15(20)18(2)16(13)21/h6-9,13H,3-5,10H2,1-2H3,(H,17,19). The van der Waals surface area contributed by atoms with Crippen LogP contribution in [0.3, 0.4) is 0 Å². The lowest BCUT2D eigenvalue weighted by Crippen LogP contribution is -2.26. The summed E-state index contributed by atoms with van der Waals surface area (Å²) in [7, 11) is 1.51. The van der Waals surface area contributed by atoms with Crippen molar-refractivity contribution in [3.63, 3.8) is 0 Å². The summed E-state index contributed by atoms with van der Waals surface area (Å²) in [6.45, 7) is 2.05. The van der Waals surface area contributed by atoms with Gasteiger partial charge in [-0.25, -0.2) is 0 Å². The number of hydrogen-bond acceptors (Lipinski definition) is 4. The molecule has 0 aliphatic carbocycles. The summed E-state index contributed by atoms with van der Waals surface area (Å²) >= 11 is 1.38. The van der Waals surface area contributed by atoms with Gasteiger partial charge in [0.1, 0.15) is 0 Å². The van der Waals surface area contributed by atoms with Gasteiger partial charge in [0.25, 0.3) is 0 Å². The van der Waals surface area contributed by atoms with E-state index in [0.717, 1.165) is 23.4 Å². The maximum atomic E-state index is 11.9. The number of rotatable bonds is 6. The number of unbranched alkanes of at least 4 members (excludes halogenated alkanes) is 1. The first-order chi connectivity index (χ1) is 10.5. The Morgan fingerprint density at radius 3 is 2.55 bits per heavy atom. The van der Waals surface area contributed by atoms with E-state index >= 15 is 0 Å². The molecule has 1 aromatic rings. The fourth-order valence-corrected chi connectivity index (χ4v) is 3.26. The lowest BCUT2D eigenvalue weighted by molar-refractivity contribution is -0.136. The summed E-state index contributed by atoms with van der Waals surface area (Å²) in [5.41, 5.74) is 0.747. The molecule has 1 aliphatic rings. The maximum Gasteiger partial charge on any atom is 0.242 e. The Bertz CT molecular complexity index is 571. The Balaban J connectivity index is 1.91. The molecule has 0 bridgehead atoms. The monoisotopic (exact) mass is 320 g/mol. The second kappa shape index (κ2) is 7.45. The molecule has 0 aromatic heterocycles. The predicted molar refractivity (Wildman–Crippen MR) is 86.6 cm³/mol. The van der Waals surface area contributed by atoms with Crippen molar-refractivity contribution in [2.75, 3.05) is 12.4 Å². The van der Waals surface area contributed by atoms with Gasteiger partial charge in [0, 0.05) is 30.5 Å². The SMILES string of the molecule is CCCCC(=O)Nc1ccc(SC2CC(=O)N(C)C2=O)cc1. The summed E-state index contributed by atoms with van der Waals surface area (Å²) < 4.78 is 0. The molecular formula is C16H20N2O3S. The third-order valence-corrected chi connectivity index (χ3v) is 4.71. The van der Waals surface area contributed by atoms with Crippen molar-refractivity contribution in [3.8, 4) is 0 Å². The van der Waals surface area contributed by atoms with Gasteiger partial charge >= 0.3 is 0 Å². The molecule has 6 heteroatoms. The first-order valence-corrected chi connectivity index (χ1v) is 8.26. The average molecular weight is 320 g/mol. The number of carbonyl (C=O) groups is 3. The summed E-state index contributed by atoms with van der Waals surface area (Å²) in [4.78, 5) is 37.1. The van der Waals surface area contributed by atoms with Crippen LogP contribution in [0.2, 0.25) is 0 Å². The third kappa shape index (κ3) is 4.10. The van der Waals surface area contributed by atoms with E-state index in [4.69, 9.17) is 0 Å². The van der Waals surface area contributed by atoms with Crippen molar-refractivity contribution in [2.24, 2.45) is 0 Å². The molecule has 1 aromatic carbocycles. The number of amides is 3. The largest absolute Gasteiger partial charge is 0.326 e. The number of thioether (sulfide) groups is 1. The van der Waals surface area contributed by atoms with Crippen LogP contribution in [0.25, 0.3) is 0 Å². The van der Waals surface area contributed by atoms with Crippen molar-refractivity contribution in [3.05, 3.63) is 24.3 Å². The Morgan fingerprint density at radius 2 is 2.00 bits per heavy atom. The molecule has 1 heterocycles. The maximum absolute atomic E-state index is 11.9. The minimum atomic E-state index is -0.345. The van der Waals surface area contributed by atoms with E-state index in [9.17, 15) is 14.4 Å². The molecule has 0 saturated carbocycles. The molecule has 2 rings (SSSR count). The lowest BCUT2D eigenvalue weighted by atomic mass is 10.2.